The Morgan fingerprint density at radius 1 is 0.952 bits per heavy atom. The molecule has 116 valence electrons. The average Bonchev–Trinajstić information content (AvgIpc) is 2.54. The predicted molar refractivity (Wildman–Crippen MR) is 85.4 cm³/mol. The molecule has 6 heteroatoms. The van der Waals surface area contributed by atoms with Crippen molar-refractivity contribution in [2.24, 2.45) is 5.92 Å². The Kier molecular flexibility index (Phi) is 4.72. The molecule has 1 aromatic rings. The number of anilines is 3. The van der Waals surface area contributed by atoms with Crippen molar-refractivity contribution in [1.29, 1.82) is 0 Å². The number of nitrogens with two attached hydrogens (primary N) is 1. The zero-order valence-corrected chi connectivity index (χ0v) is 12.7. The molecule has 3 N–H and O–H groups in total. The van der Waals surface area contributed by atoms with Gasteiger partial charge in [-0.25, -0.2) is 0 Å². The fraction of sp³-hybridized carbons (Fsp3) is 0.800. The summed E-state index contributed by atoms with van der Waals surface area (Å²) in [7, 11) is 0. The van der Waals surface area contributed by atoms with Crippen LogP contribution in [0, 0.1) is 5.92 Å². The third kappa shape index (κ3) is 3.95. The molecule has 2 aliphatic rings. The van der Waals surface area contributed by atoms with Crippen molar-refractivity contribution < 1.29 is 0 Å². The first-order chi connectivity index (χ1) is 10.3. The highest BCUT2D eigenvalue weighted by Gasteiger charge is 2.17. The monoisotopic (exact) mass is 290 g/mol. The van der Waals surface area contributed by atoms with Crippen LogP contribution in [0.25, 0.3) is 0 Å². The molecule has 1 aliphatic heterocycles. The minimum Gasteiger partial charge on any atom is -0.368 e. The summed E-state index contributed by atoms with van der Waals surface area (Å²) in [4.78, 5) is 15.3. The highest BCUT2D eigenvalue weighted by molar-refractivity contribution is 5.42. The van der Waals surface area contributed by atoms with Gasteiger partial charge in [0.2, 0.25) is 17.8 Å². The van der Waals surface area contributed by atoms with Gasteiger partial charge in [0.1, 0.15) is 0 Å². The maximum absolute atomic E-state index is 5.85. The van der Waals surface area contributed by atoms with E-state index in [2.05, 4.69) is 25.2 Å². The second-order valence-electron chi connectivity index (χ2n) is 6.25. The van der Waals surface area contributed by atoms with Crippen molar-refractivity contribution in [2.75, 3.05) is 35.6 Å². The average molecular weight is 290 g/mol. The zero-order chi connectivity index (χ0) is 14.5. The minimum atomic E-state index is 0.316. The summed E-state index contributed by atoms with van der Waals surface area (Å²) >= 11 is 0. The molecule has 0 spiro atoms. The molecular weight excluding hydrogens is 264 g/mol. The standard InChI is InChI=1S/C15H26N6/c16-13-18-14(17-11-12-7-3-1-4-8-12)20-15(19-13)21-9-5-2-6-10-21/h12H,1-11H2,(H3,16,17,18,19,20). The molecular formula is C15H26N6. The van der Waals surface area contributed by atoms with Gasteiger partial charge in [-0.1, -0.05) is 19.3 Å². The normalized spacial score (nSPS) is 20.5. The lowest BCUT2D eigenvalue weighted by Gasteiger charge is -2.27. The Bertz CT molecular complexity index is 451. The molecule has 1 saturated heterocycles. The van der Waals surface area contributed by atoms with E-state index in [4.69, 9.17) is 5.73 Å². The maximum Gasteiger partial charge on any atom is 0.231 e. The fourth-order valence-electron chi connectivity index (χ4n) is 3.32. The molecule has 1 saturated carbocycles. The van der Waals surface area contributed by atoms with Crippen LogP contribution in [0.3, 0.4) is 0 Å². The topological polar surface area (TPSA) is 80.0 Å². The van der Waals surface area contributed by atoms with Gasteiger partial charge in [0, 0.05) is 19.6 Å². The summed E-state index contributed by atoms with van der Waals surface area (Å²) in [5, 5.41) is 3.37. The van der Waals surface area contributed by atoms with Gasteiger partial charge in [0.15, 0.2) is 0 Å². The molecule has 2 heterocycles. The van der Waals surface area contributed by atoms with Crippen LogP contribution in [-0.2, 0) is 0 Å². The van der Waals surface area contributed by atoms with E-state index >= 15 is 0 Å². The minimum absolute atomic E-state index is 0.316. The highest BCUT2D eigenvalue weighted by atomic mass is 15.3. The van der Waals surface area contributed by atoms with Crippen LogP contribution < -0.4 is 16.0 Å². The Hall–Kier alpha value is -1.59. The molecule has 0 aromatic carbocycles. The van der Waals surface area contributed by atoms with Crippen molar-refractivity contribution in [2.45, 2.75) is 51.4 Å². The Labute approximate surface area is 126 Å². The second kappa shape index (κ2) is 6.91. The van der Waals surface area contributed by atoms with Crippen LogP contribution >= 0.6 is 0 Å². The van der Waals surface area contributed by atoms with E-state index < -0.39 is 0 Å². The van der Waals surface area contributed by atoms with E-state index in [0.29, 0.717) is 11.9 Å². The van der Waals surface area contributed by atoms with Crippen molar-refractivity contribution >= 4 is 17.8 Å². The van der Waals surface area contributed by atoms with Crippen LogP contribution in [-0.4, -0.2) is 34.6 Å². The summed E-state index contributed by atoms with van der Waals surface area (Å²) in [5.74, 6) is 2.42. The third-order valence-electron chi connectivity index (χ3n) is 4.55. The molecule has 0 unspecified atom stereocenters. The molecule has 0 radical (unpaired) electrons. The van der Waals surface area contributed by atoms with Gasteiger partial charge in [-0.3, -0.25) is 0 Å². The number of nitrogen functional groups attached to an aromatic ring is 1. The molecule has 1 aliphatic carbocycles. The Morgan fingerprint density at radius 3 is 2.43 bits per heavy atom. The molecule has 0 amide bonds. The van der Waals surface area contributed by atoms with Crippen molar-refractivity contribution in [3.05, 3.63) is 0 Å². The van der Waals surface area contributed by atoms with Gasteiger partial charge in [0.05, 0.1) is 0 Å². The van der Waals surface area contributed by atoms with Crippen LogP contribution in [0.5, 0.6) is 0 Å². The summed E-state index contributed by atoms with van der Waals surface area (Å²) in [6.45, 7) is 2.99. The molecule has 0 atom stereocenters. The smallest absolute Gasteiger partial charge is 0.231 e. The number of hydrogen-bond donors (Lipinski definition) is 2. The van der Waals surface area contributed by atoms with E-state index in [1.165, 1.54) is 51.4 Å². The summed E-state index contributed by atoms with van der Waals surface area (Å²) < 4.78 is 0. The van der Waals surface area contributed by atoms with E-state index in [9.17, 15) is 0 Å². The van der Waals surface area contributed by atoms with E-state index in [0.717, 1.165) is 31.5 Å². The molecule has 1 aromatic heterocycles. The third-order valence-corrected chi connectivity index (χ3v) is 4.55. The van der Waals surface area contributed by atoms with Gasteiger partial charge in [-0.2, -0.15) is 15.0 Å². The quantitative estimate of drug-likeness (QED) is 0.886. The summed E-state index contributed by atoms with van der Waals surface area (Å²) in [6, 6.07) is 0. The summed E-state index contributed by atoms with van der Waals surface area (Å²) in [6.07, 6.45) is 10.4. The highest BCUT2D eigenvalue weighted by Crippen LogP contribution is 2.24. The van der Waals surface area contributed by atoms with Crippen LogP contribution in [0.4, 0.5) is 17.8 Å². The lowest BCUT2D eigenvalue weighted by Crippen LogP contribution is -2.31. The Balaban J connectivity index is 1.62. The largest absolute Gasteiger partial charge is 0.368 e. The van der Waals surface area contributed by atoms with Gasteiger partial charge in [-0.05, 0) is 38.0 Å². The lowest BCUT2D eigenvalue weighted by atomic mass is 9.89. The van der Waals surface area contributed by atoms with E-state index in [-0.39, 0.29) is 0 Å². The number of piperidine rings is 1. The molecule has 21 heavy (non-hydrogen) atoms. The van der Waals surface area contributed by atoms with Crippen molar-refractivity contribution in [3.63, 3.8) is 0 Å². The first-order valence-corrected chi connectivity index (χ1v) is 8.31. The number of nitrogens with zero attached hydrogens (tertiary/aromatic N) is 4. The lowest BCUT2D eigenvalue weighted by molar-refractivity contribution is 0.373. The number of nitrogens with one attached hydrogen (secondary N) is 1. The van der Waals surface area contributed by atoms with E-state index in [1.807, 2.05) is 0 Å². The molecule has 3 rings (SSSR count). The predicted octanol–water partition coefficient (Wildman–Crippen LogP) is 2.44. The maximum atomic E-state index is 5.85. The molecule has 2 fully saturated rings. The second-order valence-corrected chi connectivity index (χ2v) is 6.25. The first kappa shape index (κ1) is 14.4. The zero-order valence-electron chi connectivity index (χ0n) is 12.7. The van der Waals surface area contributed by atoms with Crippen LogP contribution in [0.1, 0.15) is 51.4 Å². The first-order valence-electron chi connectivity index (χ1n) is 8.31. The number of hydrogen-bond acceptors (Lipinski definition) is 6. The molecule has 0 bridgehead atoms. The number of aromatic nitrogens is 3. The SMILES string of the molecule is Nc1nc(NCC2CCCCC2)nc(N2CCCCC2)n1. The van der Waals surface area contributed by atoms with Gasteiger partial charge in [0.25, 0.3) is 0 Å². The van der Waals surface area contributed by atoms with Crippen molar-refractivity contribution in [1.82, 2.24) is 15.0 Å². The molecule has 6 nitrogen and oxygen atoms in total. The Morgan fingerprint density at radius 2 is 1.67 bits per heavy atom. The number of rotatable bonds is 4. The van der Waals surface area contributed by atoms with Gasteiger partial charge in [-0.15, -0.1) is 0 Å². The van der Waals surface area contributed by atoms with Crippen LogP contribution in [0.2, 0.25) is 0 Å². The fourth-order valence-corrected chi connectivity index (χ4v) is 3.32. The van der Waals surface area contributed by atoms with Crippen molar-refractivity contribution in [3.8, 4) is 0 Å². The summed E-state index contributed by atoms with van der Waals surface area (Å²) in [5.41, 5.74) is 5.85. The van der Waals surface area contributed by atoms with Gasteiger partial charge >= 0.3 is 0 Å². The van der Waals surface area contributed by atoms with E-state index in [1.54, 1.807) is 0 Å². The van der Waals surface area contributed by atoms with Gasteiger partial charge < -0.3 is 16.0 Å². The van der Waals surface area contributed by atoms with Crippen LogP contribution in [0.15, 0.2) is 0 Å².